The molecule has 6 rings (SSSR count). The molecule has 9 heteroatoms. The van der Waals surface area contributed by atoms with Gasteiger partial charge in [-0.3, -0.25) is 9.59 Å². The molecule has 0 amide bonds. The number of phenolic OH excluding ortho intramolecular Hbond substituents is 1. The third-order valence-corrected chi connectivity index (χ3v) is 13.3. The Bertz CT molecular complexity index is 2130. The predicted octanol–water partition coefficient (Wildman–Crippen LogP) is 8.80. The molecule has 0 saturated heterocycles. The van der Waals surface area contributed by atoms with Gasteiger partial charge in [0.25, 0.3) is 0 Å². The molecule has 3 aromatic rings. The van der Waals surface area contributed by atoms with Gasteiger partial charge in [0, 0.05) is 30.4 Å². The molecule has 3 aliphatic rings. The zero-order valence-corrected chi connectivity index (χ0v) is 36.9. The zero-order chi connectivity index (χ0) is 43.8. The number of aliphatic imine (C=N–C) groups is 1. The number of hydrogen-bond acceptors (Lipinski definition) is 9. The second kappa shape index (κ2) is 20.8. The number of benzene rings is 2. The quantitative estimate of drug-likeness (QED) is 0.0714. The van der Waals surface area contributed by atoms with E-state index in [1.807, 2.05) is 30.5 Å². The topological polar surface area (TPSA) is 155 Å². The number of Topliss-reactive ketones (excluding diaryl/α,β-unsaturated/α-hetero) is 2. The fourth-order valence-electron chi connectivity index (χ4n) is 9.90. The molecule has 0 spiro atoms. The number of pyridine rings is 1. The van der Waals surface area contributed by atoms with E-state index in [9.17, 15) is 24.9 Å². The number of ketones is 2. The van der Waals surface area contributed by atoms with Crippen molar-refractivity contribution >= 4 is 23.6 Å². The Balaban J connectivity index is 1.50. The number of anilines is 1. The lowest BCUT2D eigenvalue weighted by molar-refractivity contribution is -0.142. The Morgan fingerprint density at radius 3 is 2.48 bits per heavy atom. The van der Waals surface area contributed by atoms with E-state index in [0.29, 0.717) is 43.3 Å². The number of aliphatic hydroxyl groups is 2. The summed E-state index contributed by atoms with van der Waals surface area (Å²) in [5.74, 6) is 7.00. The van der Waals surface area contributed by atoms with Crippen molar-refractivity contribution in [2.24, 2.45) is 46.4 Å². The van der Waals surface area contributed by atoms with E-state index in [2.05, 4.69) is 74.6 Å². The first-order chi connectivity index (χ1) is 29.3. The summed E-state index contributed by atoms with van der Waals surface area (Å²) in [6.45, 7) is 10.8. The van der Waals surface area contributed by atoms with Crippen molar-refractivity contribution in [1.82, 2.24) is 4.98 Å². The monoisotopic (exact) mass is 828 g/mol. The van der Waals surface area contributed by atoms with Gasteiger partial charge in [-0.2, -0.15) is 0 Å². The Kier molecular flexibility index (Phi) is 15.5. The van der Waals surface area contributed by atoms with Crippen molar-refractivity contribution in [3.05, 3.63) is 100 Å². The number of aromatic nitrogens is 1. The van der Waals surface area contributed by atoms with E-state index >= 15 is 0 Å². The highest BCUT2D eigenvalue weighted by molar-refractivity contribution is 6.06. The van der Waals surface area contributed by atoms with Crippen molar-refractivity contribution in [2.45, 2.75) is 123 Å². The van der Waals surface area contributed by atoms with E-state index in [0.717, 1.165) is 71.5 Å². The number of nitrogens with zero attached hydrogens (tertiary/aromatic N) is 2. The predicted molar refractivity (Wildman–Crippen MR) is 242 cm³/mol. The van der Waals surface area contributed by atoms with Crippen LogP contribution in [0.25, 0.3) is 0 Å². The first-order valence-electron chi connectivity index (χ1n) is 22.5. The minimum atomic E-state index is -1.81. The summed E-state index contributed by atoms with van der Waals surface area (Å²) in [7, 11) is 1.49. The standard InChI is InChI=1S/C52H65N3O6/c1-7-10-42(47(57)28-40-25-39(30-55-40)32(4)5)38-23-34(21-33-19-20-54-50(53)24-33)22-36-15-17-43(41-12-9-8-11-35(41)14-13-31(2)3)44-29-48(58)49(61-6)27-37(44)16-18-46(56)52(60)51(59)45(36)26-38/h8-9,11-12,19-20,24-25,27,29-32,34,36,38,42-43,45,47,52,57,60H,7,10,13-14,16,18,21-23,26,28H2,1-6H3,(H2-,53,54,58)/p+1. The van der Waals surface area contributed by atoms with Gasteiger partial charge in [-0.15, -0.1) is 4.99 Å². The number of aromatic hydroxyl groups is 1. The van der Waals surface area contributed by atoms with Crippen LogP contribution in [0.5, 0.6) is 11.5 Å². The maximum atomic E-state index is 14.8. The molecular formula is C52H66N3O6+. The van der Waals surface area contributed by atoms with Gasteiger partial charge in [-0.25, -0.2) is 4.98 Å². The van der Waals surface area contributed by atoms with Crippen LogP contribution >= 0.6 is 0 Å². The van der Waals surface area contributed by atoms with Gasteiger partial charge in [-0.1, -0.05) is 63.3 Å². The van der Waals surface area contributed by atoms with Crippen molar-refractivity contribution in [3.8, 4) is 23.3 Å². The number of phenols is 1. The van der Waals surface area contributed by atoms with Crippen LogP contribution in [0.1, 0.15) is 120 Å². The fourth-order valence-corrected chi connectivity index (χ4v) is 9.90. The van der Waals surface area contributed by atoms with Crippen LogP contribution < -0.4 is 10.5 Å². The molecular weight excluding hydrogens is 763 g/mol. The van der Waals surface area contributed by atoms with Crippen LogP contribution in [0.2, 0.25) is 0 Å². The molecule has 2 heterocycles. The highest BCUT2D eigenvalue weighted by Crippen LogP contribution is 2.45. The zero-order valence-electron chi connectivity index (χ0n) is 36.9. The third-order valence-electron chi connectivity index (χ3n) is 13.3. The van der Waals surface area contributed by atoms with E-state index in [-0.39, 0.29) is 42.1 Å². The molecule has 8 unspecified atom stereocenters. The summed E-state index contributed by atoms with van der Waals surface area (Å²) in [6, 6.07) is 15.6. The van der Waals surface area contributed by atoms with Crippen LogP contribution in [0.4, 0.5) is 5.82 Å². The van der Waals surface area contributed by atoms with E-state index in [1.54, 1.807) is 18.3 Å². The summed E-state index contributed by atoms with van der Waals surface area (Å²) in [5, 5.41) is 35.0. The van der Waals surface area contributed by atoms with Crippen LogP contribution in [-0.2, 0) is 28.9 Å². The van der Waals surface area contributed by atoms with Gasteiger partial charge in [0.2, 0.25) is 0 Å². The van der Waals surface area contributed by atoms with Crippen molar-refractivity contribution in [1.29, 1.82) is 0 Å². The number of nitrogen functional groups attached to an aromatic ring is 1. The van der Waals surface area contributed by atoms with E-state index in [1.165, 1.54) is 7.11 Å². The second-order valence-corrected chi connectivity index (χ2v) is 18.5. The number of nitrogens with two attached hydrogens (primary N) is 1. The van der Waals surface area contributed by atoms with Crippen molar-refractivity contribution in [3.63, 3.8) is 0 Å². The Labute approximate surface area is 363 Å². The molecule has 324 valence electrons. The molecule has 2 aliphatic carbocycles. The summed E-state index contributed by atoms with van der Waals surface area (Å²) in [4.78, 5) is 37.6. The molecule has 1 fully saturated rings. The average Bonchev–Trinajstić information content (AvgIpc) is 3.63. The van der Waals surface area contributed by atoms with Crippen molar-refractivity contribution in [2.75, 3.05) is 12.8 Å². The normalized spacial score (nSPS) is 24.2. The van der Waals surface area contributed by atoms with Gasteiger partial charge in [0.15, 0.2) is 34.9 Å². The number of carbonyl (C=O) groups excluding carboxylic acids is 2. The number of fused-ring (bicyclic) bond motifs is 2. The Hall–Kier alpha value is -4.91. The summed E-state index contributed by atoms with van der Waals surface area (Å²) in [5.41, 5.74) is 11.8. The van der Waals surface area contributed by atoms with Crippen LogP contribution in [0, 0.1) is 59.2 Å². The minimum Gasteiger partial charge on any atom is -0.504 e. The molecule has 1 aromatic heterocycles. The van der Waals surface area contributed by atoms with Gasteiger partial charge < -0.3 is 25.8 Å². The maximum absolute atomic E-state index is 14.8. The van der Waals surface area contributed by atoms with Gasteiger partial charge >= 0.3 is 0 Å². The molecule has 9 nitrogen and oxygen atoms in total. The minimum absolute atomic E-state index is 0.0221. The molecule has 5 N–H and O–H groups in total. The summed E-state index contributed by atoms with van der Waals surface area (Å²) >= 11 is 0. The summed E-state index contributed by atoms with van der Waals surface area (Å²) in [6.07, 6.45) is 9.46. The SMILES string of the molecule is CCCC(C(O)CC1=C[C+](C(C)C)C=N1)C1CC(Cc2ccnc(N)c2)CC2C#CC(c3ccccc3CCC(C)C)c3cc(O)c(OC)cc3CCC(=O)C(O)C(=O)C2C1. The smallest absolute Gasteiger partial charge is 0.177 e. The number of allylic oxidation sites excluding steroid dienone is 1. The summed E-state index contributed by atoms with van der Waals surface area (Å²) < 4.78 is 5.53. The lowest BCUT2D eigenvalue weighted by atomic mass is 9.73. The largest absolute Gasteiger partial charge is 0.504 e. The Morgan fingerprint density at radius 2 is 1.77 bits per heavy atom. The Morgan fingerprint density at radius 1 is 0.984 bits per heavy atom. The number of methoxy groups -OCH3 is 1. The highest BCUT2D eigenvalue weighted by Gasteiger charge is 2.44. The van der Waals surface area contributed by atoms with Crippen molar-refractivity contribution < 1.29 is 29.6 Å². The van der Waals surface area contributed by atoms with Crippen LogP contribution in [0.15, 0.2) is 71.5 Å². The number of carbonyl (C=O) groups is 2. The van der Waals surface area contributed by atoms with Crippen LogP contribution in [-0.4, -0.2) is 57.4 Å². The molecule has 8 atom stereocenters. The number of hydrogen-bond donors (Lipinski definition) is 4. The highest BCUT2D eigenvalue weighted by atomic mass is 16.5. The average molecular weight is 829 g/mol. The third kappa shape index (κ3) is 11.3. The molecule has 1 aliphatic heterocycles. The maximum Gasteiger partial charge on any atom is 0.177 e. The first kappa shape index (κ1) is 45.6. The molecule has 1 saturated carbocycles. The fraction of sp³-hybridized carbons (Fsp3) is 0.519. The molecule has 0 radical (unpaired) electrons. The van der Waals surface area contributed by atoms with Gasteiger partial charge in [0.05, 0.1) is 25.6 Å². The molecule has 2 aromatic carbocycles. The first-order valence-corrected chi connectivity index (χ1v) is 22.5. The number of aliphatic hydroxyl groups excluding tert-OH is 2. The molecule has 0 bridgehead atoms. The molecule has 61 heavy (non-hydrogen) atoms. The van der Waals surface area contributed by atoms with E-state index < -0.39 is 41.5 Å². The number of ether oxygens (including phenoxy) is 1. The number of rotatable bonds is 14. The van der Waals surface area contributed by atoms with E-state index in [4.69, 9.17) is 10.5 Å². The number of aryl methyl sites for hydroxylation is 2. The lowest BCUT2D eigenvalue weighted by Gasteiger charge is -2.33. The second-order valence-electron chi connectivity index (χ2n) is 18.5. The van der Waals surface area contributed by atoms with Gasteiger partial charge in [-0.05, 0) is 141 Å². The van der Waals surface area contributed by atoms with Gasteiger partial charge in [0.1, 0.15) is 24.0 Å². The lowest BCUT2D eigenvalue weighted by Crippen LogP contribution is -2.39. The van der Waals surface area contributed by atoms with Crippen LogP contribution in [0.3, 0.4) is 0 Å².